The molecule has 0 fully saturated rings. The van der Waals surface area contributed by atoms with Gasteiger partial charge in [0.2, 0.25) is 5.91 Å². The largest absolute Gasteiger partial charge is 0.343 e. The van der Waals surface area contributed by atoms with Gasteiger partial charge in [-0.25, -0.2) is 0 Å². The van der Waals surface area contributed by atoms with Gasteiger partial charge in [-0.15, -0.1) is 0 Å². The van der Waals surface area contributed by atoms with Gasteiger partial charge < -0.3 is 10.2 Å². The van der Waals surface area contributed by atoms with Crippen molar-refractivity contribution in [2.45, 2.75) is 52.6 Å². The SMILES string of the molecule is CC(C)NCCCC(=O)N(C)C(C)C. The molecule has 84 valence electrons. The van der Waals surface area contributed by atoms with Gasteiger partial charge in [-0.3, -0.25) is 4.79 Å². The number of hydrogen-bond acceptors (Lipinski definition) is 2. The summed E-state index contributed by atoms with van der Waals surface area (Å²) in [6.45, 7) is 9.22. The van der Waals surface area contributed by atoms with E-state index in [1.807, 2.05) is 20.9 Å². The van der Waals surface area contributed by atoms with Gasteiger partial charge in [-0.05, 0) is 26.8 Å². The van der Waals surface area contributed by atoms with Crippen LogP contribution in [0.5, 0.6) is 0 Å². The highest BCUT2D eigenvalue weighted by atomic mass is 16.2. The predicted octanol–water partition coefficient (Wildman–Crippen LogP) is 1.63. The van der Waals surface area contributed by atoms with Crippen molar-refractivity contribution in [1.29, 1.82) is 0 Å². The number of carbonyl (C=O) groups is 1. The second-order valence-corrected chi connectivity index (χ2v) is 4.31. The minimum atomic E-state index is 0.241. The molecule has 0 aromatic carbocycles. The summed E-state index contributed by atoms with van der Waals surface area (Å²) in [5.74, 6) is 0.241. The van der Waals surface area contributed by atoms with Crippen molar-refractivity contribution < 1.29 is 4.79 Å². The highest BCUT2D eigenvalue weighted by molar-refractivity contribution is 5.76. The normalized spacial score (nSPS) is 11.1. The van der Waals surface area contributed by atoms with E-state index in [0.717, 1.165) is 13.0 Å². The maximum atomic E-state index is 11.5. The van der Waals surface area contributed by atoms with Gasteiger partial charge in [0.1, 0.15) is 0 Å². The topological polar surface area (TPSA) is 32.3 Å². The number of hydrogen-bond donors (Lipinski definition) is 1. The van der Waals surface area contributed by atoms with Gasteiger partial charge in [0.05, 0.1) is 0 Å². The van der Waals surface area contributed by atoms with Crippen molar-refractivity contribution in [1.82, 2.24) is 10.2 Å². The fourth-order valence-electron chi connectivity index (χ4n) is 1.09. The zero-order valence-electron chi connectivity index (χ0n) is 10.1. The average Bonchev–Trinajstić information content (AvgIpc) is 2.10. The highest BCUT2D eigenvalue weighted by Crippen LogP contribution is 1.99. The molecule has 0 unspecified atom stereocenters. The Morgan fingerprint density at radius 3 is 2.29 bits per heavy atom. The lowest BCUT2D eigenvalue weighted by molar-refractivity contribution is -0.131. The lowest BCUT2D eigenvalue weighted by atomic mass is 10.2. The van der Waals surface area contributed by atoms with Gasteiger partial charge in [0.25, 0.3) is 0 Å². The summed E-state index contributed by atoms with van der Waals surface area (Å²) in [5.41, 5.74) is 0. The predicted molar refractivity (Wildman–Crippen MR) is 60.3 cm³/mol. The van der Waals surface area contributed by atoms with Gasteiger partial charge in [0.15, 0.2) is 0 Å². The minimum absolute atomic E-state index is 0.241. The molecule has 0 aromatic rings. The molecule has 0 bridgehead atoms. The summed E-state index contributed by atoms with van der Waals surface area (Å²) in [6.07, 6.45) is 1.57. The third-order valence-corrected chi connectivity index (χ3v) is 2.29. The van der Waals surface area contributed by atoms with Crippen LogP contribution in [0.3, 0.4) is 0 Å². The summed E-state index contributed by atoms with van der Waals surface area (Å²) in [7, 11) is 1.86. The molecule has 3 nitrogen and oxygen atoms in total. The molecule has 0 aliphatic carbocycles. The monoisotopic (exact) mass is 200 g/mol. The standard InChI is InChI=1S/C11H24N2O/c1-9(2)12-8-6-7-11(14)13(5)10(3)4/h9-10,12H,6-8H2,1-5H3. The first kappa shape index (κ1) is 13.4. The molecule has 0 radical (unpaired) electrons. The smallest absolute Gasteiger partial charge is 0.222 e. The molecule has 0 aliphatic heterocycles. The van der Waals surface area contributed by atoms with Crippen LogP contribution in [0.25, 0.3) is 0 Å². The molecule has 0 saturated heterocycles. The van der Waals surface area contributed by atoms with Gasteiger partial charge >= 0.3 is 0 Å². The van der Waals surface area contributed by atoms with Crippen LogP contribution in [-0.4, -0.2) is 36.5 Å². The Kier molecular flexibility index (Phi) is 6.54. The maximum absolute atomic E-state index is 11.5. The maximum Gasteiger partial charge on any atom is 0.222 e. The first-order chi connectivity index (χ1) is 6.45. The second-order valence-electron chi connectivity index (χ2n) is 4.31. The van der Waals surface area contributed by atoms with Crippen LogP contribution < -0.4 is 5.32 Å². The Morgan fingerprint density at radius 2 is 1.86 bits per heavy atom. The molecule has 1 amide bonds. The number of rotatable bonds is 6. The van der Waals surface area contributed by atoms with Crippen LogP contribution in [-0.2, 0) is 4.79 Å². The van der Waals surface area contributed by atoms with E-state index in [0.29, 0.717) is 18.5 Å². The van der Waals surface area contributed by atoms with Crippen LogP contribution in [0, 0.1) is 0 Å². The van der Waals surface area contributed by atoms with Crippen LogP contribution in [0.2, 0.25) is 0 Å². The molecule has 0 rings (SSSR count). The summed E-state index contributed by atoms with van der Waals surface area (Å²) in [5, 5.41) is 3.30. The average molecular weight is 200 g/mol. The Labute approximate surface area is 87.9 Å². The molecule has 3 heteroatoms. The Hall–Kier alpha value is -0.570. The molecular weight excluding hydrogens is 176 g/mol. The molecule has 0 spiro atoms. The first-order valence-corrected chi connectivity index (χ1v) is 5.44. The zero-order valence-corrected chi connectivity index (χ0v) is 10.1. The lowest BCUT2D eigenvalue weighted by Crippen LogP contribution is -2.33. The molecule has 0 atom stereocenters. The third kappa shape index (κ3) is 5.97. The van der Waals surface area contributed by atoms with E-state index in [-0.39, 0.29) is 5.91 Å². The first-order valence-electron chi connectivity index (χ1n) is 5.44. The van der Waals surface area contributed by atoms with Crippen molar-refractivity contribution in [2.75, 3.05) is 13.6 Å². The van der Waals surface area contributed by atoms with E-state index in [1.54, 1.807) is 4.90 Å². The summed E-state index contributed by atoms with van der Waals surface area (Å²) in [6, 6.07) is 0.813. The van der Waals surface area contributed by atoms with E-state index < -0.39 is 0 Å². The van der Waals surface area contributed by atoms with E-state index >= 15 is 0 Å². The van der Waals surface area contributed by atoms with Gasteiger partial charge in [-0.2, -0.15) is 0 Å². The van der Waals surface area contributed by atoms with Crippen molar-refractivity contribution in [3.63, 3.8) is 0 Å². The number of amides is 1. The quantitative estimate of drug-likeness (QED) is 0.661. The summed E-state index contributed by atoms with van der Waals surface area (Å²) >= 11 is 0. The molecule has 0 heterocycles. The highest BCUT2D eigenvalue weighted by Gasteiger charge is 2.10. The van der Waals surface area contributed by atoms with Crippen LogP contribution in [0.15, 0.2) is 0 Å². The van der Waals surface area contributed by atoms with Crippen molar-refractivity contribution in [3.05, 3.63) is 0 Å². The fourth-order valence-corrected chi connectivity index (χ4v) is 1.09. The van der Waals surface area contributed by atoms with E-state index in [1.165, 1.54) is 0 Å². The summed E-state index contributed by atoms with van der Waals surface area (Å²) < 4.78 is 0. The fraction of sp³-hybridized carbons (Fsp3) is 0.909. The number of carbonyl (C=O) groups excluding carboxylic acids is 1. The number of nitrogens with one attached hydrogen (secondary N) is 1. The Balaban J connectivity index is 3.54. The molecule has 14 heavy (non-hydrogen) atoms. The van der Waals surface area contributed by atoms with E-state index in [9.17, 15) is 4.79 Å². The minimum Gasteiger partial charge on any atom is -0.343 e. The Bertz CT molecular complexity index is 167. The van der Waals surface area contributed by atoms with Crippen molar-refractivity contribution >= 4 is 5.91 Å². The van der Waals surface area contributed by atoms with Crippen LogP contribution in [0.4, 0.5) is 0 Å². The van der Waals surface area contributed by atoms with Crippen molar-refractivity contribution in [3.8, 4) is 0 Å². The zero-order chi connectivity index (χ0) is 11.1. The second kappa shape index (κ2) is 6.82. The molecule has 0 aromatic heterocycles. The van der Waals surface area contributed by atoms with E-state index in [2.05, 4.69) is 19.2 Å². The molecular formula is C11H24N2O. The van der Waals surface area contributed by atoms with Crippen molar-refractivity contribution in [2.24, 2.45) is 0 Å². The Morgan fingerprint density at radius 1 is 1.29 bits per heavy atom. The van der Waals surface area contributed by atoms with E-state index in [4.69, 9.17) is 0 Å². The number of nitrogens with zero attached hydrogens (tertiary/aromatic N) is 1. The molecule has 1 N–H and O–H groups in total. The molecule has 0 saturated carbocycles. The third-order valence-electron chi connectivity index (χ3n) is 2.29. The summed E-state index contributed by atoms with van der Waals surface area (Å²) in [4.78, 5) is 13.3. The van der Waals surface area contributed by atoms with Gasteiger partial charge in [-0.1, -0.05) is 13.8 Å². The van der Waals surface area contributed by atoms with Crippen LogP contribution >= 0.6 is 0 Å². The lowest BCUT2D eigenvalue weighted by Gasteiger charge is -2.21. The van der Waals surface area contributed by atoms with Gasteiger partial charge in [0, 0.05) is 25.6 Å². The molecule has 0 aliphatic rings. The van der Waals surface area contributed by atoms with Crippen LogP contribution in [0.1, 0.15) is 40.5 Å².